The molecule has 0 aromatic carbocycles. The van der Waals surface area contributed by atoms with Gasteiger partial charge in [0.1, 0.15) is 18.1 Å². The Hall–Kier alpha value is -0.390. The molecule has 0 unspecified atom stereocenters. The Morgan fingerprint density at radius 2 is 0.754 bits per heavy atom. The monoisotopic (exact) mass is 1170 g/mol. The third-order valence-corrected chi connectivity index (χ3v) is 10.9. The molecule has 0 saturated carbocycles. The topological polar surface area (TPSA) is 210 Å². The smallest absolute Gasteiger partial charge is 1.00 e. The number of aliphatic hydroxyl groups is 1. The number of carboxylic acid groups (broad SMARTS) is 1. The van der Waals surface area contributed by atoms with Crippen LogP contribution in [-0.4, -0.2) is 78.6 Å². The van der Waals surface area contributed by atoms with E-state index in [1.807, 2.05) is 0 Å². The fourth-order valence-electron chi connectivity index (χ4n) is 4.50. The predicted octanol–water partition coefficient (Wildman–Crippen LogP) is 9.79. The van der Waals surface area contributed by atoms with Gasteiger partial charge in [0.2, 0.25) is 0 Å². The average Bonchev–Trinajstić information content (AvgIpc) is 3.06. The van der Waals surface area contributed by atoms with Gasteiger partial charge in [0.15, 0.2) is 0 Å². The second kappa shape index (κ2) is 31.5. The van der Waals surface area contributed by atoms with E-state index in [0.29, 0.717) is 102 Å². The molecule has 0 amide bonds. The van der Waals surface area contributed by atoms with Gasteiger partial charge in [0.25, 0.3) is 20.2 Å². The van der Waals surface area contributed by atoms with Crippen LogP contribution in [0.15, 0.2) is 34.5 Å². The van der Waals surface area contributed by atoms with Crippen molar-refractivity contribution in [1.82, 2.24) is 0 Å². The maximum atomic E-state index is 11.9. The number of hydrogen-bond donors (Lipinski definition) is 4. The van der Waals surface area contributed by atoms with Crippen molar-refractivity contribution in [3.05, 3.63) is 34.5 Å². The summed E-state index contributed by atoms with van der Waals surface area (Å²) in [4.78, 5) is 31.9. The van der Waals surface area contributed by atoms with Crippen molar-refractivity contribution in [2.45, 2.75) is 142 Å². The number of Topliss-reactive ketones (excluding diaryl/α,β-unsaturated/α-hetero) is 1. The minimum atomic E-state index is -9.45. The number of carboxylic acids is 1. The van der Waals surface area contributed by atoms with E-state index in [0.717, 1.165) is 19.3 Å². The number of esters is 1. The van der Waals surface area contributed by atoms with Crippen LogP contribution in [0.4, 0.5) is 58.3 Å². The van der Waals surface area contributed by atoms with Crippen LogP contribution in [0.5, 0.6) is 0 Å². The van der Waals surface area contributed by atoms with Crippen LogP contribution < -0.4 is 59.1 Å². The second-order valence-corrected chi connectivity index (χ2v) is 24.9. The van der Waals surface area contributed by atoms with Gasteiger partial charge in [-0.1, -0.05) is 134 Å². The van der Waals surface area contributed by atoms with Crippen molar-refractivity contribution in [3.63, 3.8) is 0 Å². The van der Waals surface area contributed by atoms with Gasteiger partial charge in [-0.2, -0.15) is 16.8 Å². The molecule has 12 nitrogen and oxygen atoms in total. The van der Waals surface area contributed by atoms with Crippen LogP contribution in [0.2, 0.25) is 0 Å². The first-order valence-corrected chi connectivity index (χ1v) is 29.3. The van der Waals surface area contributed by atoms with Gasteiger partial charge >= 0.3 is 102 Å². The molecule has 0 atom stereocenters. The predicted molar refractivity (Wildman–Crippen MR) is 235 cm³/mol. The number of hydrogen-bond acceptors (Lipinski definition) is 9. The van der Waals surface area contributed by atoms with E-state index in [4.69, 9.17) is 19.3 Å². The van der Waals surface area contributed by atoms with Crippen molar-refractivity contribution >= 4 is 68.6 Å². The molecule has 0 aliphatic heterocycles. The van der Waals surface area contributed by atoms with Crippen molar-refractivity contribution in [1.29, 1.82) is 0 Å². The molecule has 0 bridgehead atoms. The molecule has 4 N–H and O–H groups in total. The van der Waals surface area contributed by atoms with Gasteiger partial charge < -0.3 is 22.6 Å². The molecule has 0 rings (SSSR count). The van der Waals surface area contributed by atoms with Crippen LogP contribution in [0.25, 0.3) is 0 Å². The van der Waals surface area contributed by atoms with Gasteiger partial charge in [-0.25, -0.2) is 0 Å². The first kappa shape index (κ1) is 80.0. The summed E-state index contributed by atoms with van der Waals surface area (Å²) in [5, 5.41) is 13.5. The molecule has 0 spiro atoms. The quantitative estimate of drug-likeness (QED) is 0.0163. The van der Waals surface area contributed by atoms with E-state index in [2.05, 4.69) is 4.74 Å². The van der Waals surface area contributed by atoms with Crippen molar-refractivity contribution < 1.29 is 176 Å². The summed E-state index contributed by atoms with van der Waals surface area (Å²) >= 11 is 0. The summed E-state index contributed by atoms with van der Waals surface area (Å²) in [6.07, 6.45) is 10.8. The maximum Gasteiger partial charge on any atom is 1.00 e. The van der Waals surface area contributed by atoms with Crippen molar-refractivity contribution in [2.75, 3.05) is 24.7 Å². The Morgan fingerprint density at radius 3 is 1.00 bits per heavy atom. The van der Waals surface area contributed by atoms with Gasteiger partial charge in [-0.15, -0.1) is 0 Å². The van der Waals surface area contributed by atoms with Crippen LogP contribution in [-0.2, 0) is 39.4 Å². The number of ketones is 1. The first-order valence-electron chi connectivity index (χ1n) is 20.1. The van der Waals surface area contributed by atoms with E-state index in [1.54, 1.807) is 0 Å². The van der Waals surface area contributed by atoms with E-state index < -0.39 is 104 Å². The fourth-order valence-corrected chi connectivity index (χ4v) is 6.52. The molecule has 0 aliphatic rings. The summed E-state index contributed by atoms with van der Waals surface area (Å²) in [7, 11) is -36.3. The molecule has 34 heteroatoms. The van der Waals surface area contributed by atoms with Gasteiger partial charge in [-0.05, 0) is 64.7 Å². The molecule has 69 heavy (non-hydrogen) atoms. The summed E-state index contributed by atoms with van der Waals surface area (Å²) in [6, 6.07) is 0. The molecular formula is C35H65F15Na2O12S5. The number of unbranched alkanes of at least 4 members (excludes halogenated alkanes) is 15. The fraction of sp³-hybridized carbons (Fsp3) is 0.743. The summed E-state index contributed by atoms with van der Waals surface area (Å²) in [6.45, 7) is 0.541. The molecule has 0 saturated heterocycles. The zero-order valence-corrected chi connectivity index (χ0v) is 46.5. The maximum absolute atomic E-state index is 11.9. The van der Waals surface area contributed by atoms with Crippen LogP contribution in [0.3, 0.4) is 0 Å². The minimum absolute atomic E-state index is 0. The first-order chi connectivity index (χ1) is 29.4. The van der Waals surface area contributed by atoms with E-state index in [1.165, 1.54) is 6.92 Å². The Bertz CT molecular complexity index is 1760. The number of aliphatic carboxylic acids is 1. The van der Waals surface area contributed by atoms with Crippen LogP contribution in [0, 0.1) is 0 Å². The zero-order valence-electron chi connectivity index (χ0n) is 40.4. The van der Waals surface area contributed by atoms with Gasteiger partial charge in [-0.3, -0.25) is 18.7 Å². The number of ether oxygens (including phenoxy) is 1. The SMILES string of the molecule is CC(=O)CCCCCCC/C=C/S(F)(F)(F)(F)F.O=C(CCCCCCC/C=C/S(F)(F)(F)(F)F)OCCS(=O)(=O)O.O=C(O)CCCCCCC/C=C/S(F)(F)(F)(F)F.O=S(=O)(O)CCO.[H-].[H-].[Na+].[Na+]. The number of carbonyl (C=O) groups is 3. The Labute approximate surface area is 441 Å². The normalized spacial score (nSPS) is 15.3. The van der Waals surface area contributed by atoms with Gasteiger partial charge in [0.05, 0.1) is 28.6 Å². The summed E-state index contributed by atoms with van der Waals surface area (Å²) in [5.74, 6) is -2.63. The Balaban J connectivity index is -0.000000129. The average molecular weight is 1170 g/mol. The largest absolute Gasteiger partial charge is 1.00 e. The number of halogens is 15. The third-order valence-electron chi connectivity index (χ3n) is 7.43. The Kier molecular flexibility index (Phi) is 36.5. The summed E-state index contributed by atoms with van der Waals surface area (Å²) in [5.41, 5.74) is 0. The molecule has 0 aliphatic carbocycles. The molecule has 414 valence electrons. The number of rotatable bonds is 32. The van der Waals surface area contributed by atoms with Crippen LogP contribution >= 0.6 is 30.7 Å². The number of aliphatic hydroxyl groups excluding tert-OH is 1. The zero-order chi connectivity index (χ0) is 53.6. The van der Waals surface area contributed by atoms with E-state index >= 15 is 0 Å². The van der Waals surface area contributed by atoms with Crippen LogP contribution in [0.1, 0.15) is 145 Å². The number of carbonyl (C=O) groups excluding carboxylic acids is 2. The minimum Gasteiger partial charge on any atom is -1.00 e. The summed E-state index contributed by atoms with van der Waals surface area (Å²) < 4.78 is 239. The standard InChI is InChI=1S/C12H21F5O5S2.C11H19F5OS.C10H17F5O2S.C2H6O4S.2Na.2H/c13-24(14,15,16,17)11-7-5-3-1-2-4-6-8-12(18)22-9-10-23(19,20)21;1-11(17)9-7-5-3-2-4-6-8-10-18(12,13,14,15)16;11-18(12,13,14,15)9-7-5-3-1-2-4-6-8-10(16)17;3-1-2-7(4,5)6;;;;/h7,11H,1-6,8-10H2,(H,19,20,21);8,10H,2-7,9H2,1H3;7,9H,1-6,8H2,(H,16,17);3H,1-2H2,(H,4,5,6);;;;/q;;;;2*+1;2*-1/b11-7+;10-8+;9-7+;;;;;. The molecule has 0 aromatic rings. The molecule has 0 radical (unpaired) electrons. The Morgan fingerprint density at radius 1 is 0.478 bits per heavy atom. The van der Waals surface area contributed by atoms with Crippen molar-refractivity contribution in [2.24, 2.45) is 0 Å². The van der Waals surface area contributed by atoms with E-state index in [-0.39, 0.29) is 99.9 Å². The third kappa shape index (κ3) is 94.1. The van der Waals surface area contributed by atoms with Gasteiger partial charge in [0, 0.05) is 19.3 Å². The molecule has 0 heterocycles. The number of allylic oxidation sites excluding steroid dienone is 3. The van der Waals surface area contributed by atoms with Crippen molar-refractivity contribution in [3.8, 4) is 0 Å². The van der Waals surface area contributed by atoms with E-state index in [9.17, 15) is 89.5 Å². The molecule has 0 fully saturated rings. The second-order valence-electron chi connectivity index (χ2n) is 14.7. The molecule has 0 aromatic heterocycles. The molecular weight excluding hydrogens is 1100 g/mol.